The lowest BCUT2D eigenvalue weighted by Crippen LogP contribution is -2.50. The molecule has 2 atom stereocenters. The number of benzene rings is 2. The van der Waals surface area contributed by atoms with E-state index in [4.69, 9.17) is 10.5 Å². The molecule has 1 aliphatic heterocycles. The van der Waals surface area contributed by atoms with Crippen molar-refractivity contribution in [3.8, 4) is 0 Å². The van der Waals surface area contributed by atoms with Crippen LogP contribution < -0.4 is 16.4 Å². The zero-order valence-corrected chi connectivity index (χ0v) is 20.0. The summed E-state index contributed by atoms with van der Waals surface area (Å²) in [5, 5.41) is 5.43. The fourth-order valence-corrected chi connectivity index (χ4v) is 3.91. The van der Waals surface area contributed by atoms with E-state index in [1.165, 1.54) is 32.4 Å². The summed E-state index contributed by atoms with van der Waals surface area (Å²) >= 11 is 0. The highest BCUT2D eigenvalue weighted by Gasteiger charge is 2.37. The van der Waals surface area contributed by atoms with Gasteiger partial charge in [0.2, 0.25) is 11.8 Å². The van der Waals surface area contributed by atoms with Crippen LogP contribution in [0.4, 0.5) is 11.4 Å². The van der Waals surface area contributed by atoms with E-state index < -0.39 is 48.3 Å². The fourth-order valence-electron chi connectivity index (χ4n) is 3.91. The number of esters is 2. The normalized spacial score (nSPS) is 15.7. The van der Waals surface area contributed by atoms with Crippen LogP contribution in [0.25, 0.3) is 0 Å². The second-order valence-electron chi connectivity index (χ2n) is 8.17. The summed E-state index contributed by atoms with van der Waals surface area (Å²) < 4.78 is 9.41. The molecule has 2 aromatic carbocycles. The maximum Gasteiger partial charge on any atom is 0.307 e. The molecule has 0 bridgehead atoms. The lowest BCUT2D eigenvalue weighted by atomic mass is 10.0. The third-order valence-electron chi connectivity index (χ3n) is 5.77. The number of amides is 3. The predicted molar refractivity (Wildman–Crippen MR) is 130 cm³/mol. The third-order valence-corrected chi connectivity index (χ3v) is 5.77. The van der Waals surface area contributed by atoms with Crippen LogP contribution in [0.3, 0.4) is 0 Å². The Labute approximate surface area is 207 Å². The molecule has 0 unspecified atom stereocenters. The molecule has 0 aliphatic carbocycles. The van der Waals surface area contributed by atoms with E-state index in [9.17, 15) is 24.0 Å². The van der Waals surface area contributed by atoms with Crippen LogP contribution in [-0.2, 0) is 28.7 Å². The van der Waals surface area contributed by atoms with Crippen molar-refractivity contribution in [2.75, 3.05) is 31.8 Å². The average Bonchev–Trinajstić information content (AvgIpc) is 2.96. The quantitative estimate of drug-likeness (QED) is 0.347. The minimum atomic E-state index is -1.13. The van der Waals surface area contributed by atoms with Gasteiger partial charge < -0.3 is 30.7 Å². The maximum atomic E-state index is 13.5. The standard InChI is InChI=1S/C25H28N4O7/c1-35-22(31)11-10-20-24(33)28-18-9-8-16(26)12-17(18)25(34)29(20)14-21(30)27-19(13-23(32)36-2)15-6-4-3-5-7-15/h3-9,12,19-20H,10-11,13-14,26H2,1-2H3,(H,27,30)(H,28,33)/t19-,20-/m0/s1. The lowest BCUT2D eigenvalue weighted by Gasteiger charge is -2.29. The fraction of sp³-hybridized carbons (Fsp3) is 0.320. The molecule has 0 fully saturated rings. The second-order valence-corrected chi connectivity index (χ2v) is 8.17. The van der Waals surface area contributed by atoms with E-state index in [1.807, 2.05) is 0 Å². The van der Waals surface area contributed by atoms with Gasteiger partial charge in [-0.25, -0.2) is 0 Å². The molecular formula is C25H28N4O7. The topological polar surface area (TPSA) is 157 Å². The average molecular weight is 497 g/mol. The van der Waals surface area contributed by atoms with Crippen LogP contribution in [0.1, 0.15) is 41.2 Å². The van der Waals surface area contributed by atoms with Gasteiger partial charge in [0.05, 0.1) is 37.9 Å². The molecule has 1 heterocycles. The van der Waals surface area contributed by atoms with E-state index in [-0.39, 0.29) is 30.5 Å². The number of nitrogens with two attached hydrogens (primary N) is 1. The molecule has 0 saturated carbocycles. The number of anilines is 2. The number of fused-ring (bicyclic) bond motifs is 1. The summed E-state index contributed by atoms with van der Waals surface area (Å²) in [5.74, 6) is -2.87. The third kappa shape index (κ3) is 6.38. The summed E-state index contributed by atoms with van der Waals surface area (Å²) in [6.07, 6.45) is -0.343. The number of ether oxygens (including phenoxy) is 2. The lowest BCUT2D eigenvalue weighted by molar-refractivity contribution is -0.142. The van der Waals surface area contributed by atoms with Gasteiger partial charge in [-0.3, -0.25) is 24.0 Å². The molecular weight excluding hydrogens is 468 g/mol. The maximum absolute atomic E-state index is 13.5. The predicted octanol–water partition coefficient (Wildman–Crippen LogP) is 1.41. The Kier molecular flexibility index (Phi) is 8.61. The highest BCUT2D eigenvalue weighted by Crippen LogP contribution is 2.27. The summed E-state index contributed by atoms with van der Waals surface area (Å²) in [4.78, 5) is 64.5. The monoisotopic (exact) mass is 496 g/mol. The molecule has 2 aromatic rings. The van der Waals surface area contributed by atoms with Gasteiger partial charge in [-0.1, -0.05) is 30.3 Å². The number of hydrogen-bond donors (Lipinski definition) is 3. The Bertz CT molecular complexity index is 1150. The van der Waals surface area contributed by atoms with Crippen molar-refractivity contribution in [1.29, 1.82) is 0 Å². The largest absolute Gasteiger partial charge is 0.469 e. The molecule has 36 heavy (non-hydrogen) atoms. The van der Waals surface area contributed by atoms with Crippen molar-refractivity contribution < 1.29 is 33.4 Å². The van der Waals surface area contributed by atoms with E-state index in [0.29, 0.717) is 11.3 Å². The Hall–Kier alpha value is -4.41. The Balaban J connectivity index is 1.89. The zero-order chi connectivity index (χ0) is 26.2. The summed E-state index contributed by atoms with van der Waals surface area (Å²) in [6, 6.07) is 11.4. The van der Waals surface area contributed by atoms with Crippen molar-refractivity contribution in [2.24, 2.45) is 0 Å². The van der Waals surface area contributed by atoms with Gasteiger partial charge in [-0.15, -0.1) is 0 Å². The van der Waals surface area contributed by atoms with Crippen molar-refractivity contribution >= 4 is 41.0 Å². The van der Waals surface area contributed by atoms with Gasteiger partial charge >= 0.3 is 11.9 Å². The van der Waals surface area contributed by atoms with Gasteiger partial charge in [0.1, 0.15) is 12.6 Å². The van der Waals surface area contributed by atoms with Gasteiger partial charge in [0.25, 0.3) is 5.91 Å². The van der Waals surface area contributed by atoms with E-state index >= 15 is 0 Å². The van der Waals surface area contributed by atoms with Crippen molar-refractivity contribution in [3.63, 3.8) is 0 Å². The highest BCUT2D eigenvalue weighted by atomic mass is 16.5. The van der Waals surface area contributed by atoms with Gasteiger partial charge in [0, 0.05) is 12.1 Å². The number of carbonyl (C=O) groups is 5. The highest BCUT2D eigenvalue weighted by molar-refractivity contribution is 6.11. The molecule has 0 aromatic heterocycles. The molecule has 3 rings (SSSR count). The minimum absolute atomic E-state index is 0.0642. The van der Waals surface area contributed by atoms with Crippen LogP contribution in [0.15, 0.2) is 48.5 Å². The van der Waals surface area contributed by atoms with Crippen LogP contribution in [0.2, 0.25) is 0 Å². The molecule has 3 amide bonds. The number of nitrogens with one attached hydrogen (secondary N) is 2. The molecule has 11 heteroatoms. The van der Waals surface area contributed by atoms with Crippen LogP contribution in [0, 0.1) is 0 Å². The first-order valence-corrected chi connectivity index (χ1v) is 11.2. The number of methoxy groups -OCH3 is 2. The molecule has 0 radical (unpaired) electrons. The Morgan fingerprint density at radius 2 is 1.75 bits per heavy atom. The zero-order valence-electron chi connectivity index (χ0n) is 20.0. The second kappa shape index (κ2) is 11.8. The van der Waals surface area contributed by atoms with Crippen molar-refractivity contribution in [2.45, 2.75) is 31.3 Å². The van der Waals surface area contributed by atoms with Crippen LogP contribution >= 0.6 is 0 Å². The van der Waals surface area contributed by atoms with Gasteiger partial charge in [-0.2, -0.15) is 0 Å². The number of rotatable bonds is 9. The number of nitrogen functional groups attached to an aromatic ring is 1. The summed E-state index contributed by atoms with van der Waals surface area (Å²) in [7, 11) is 2.46. The number of nitrogens with zero attached hydrogens (tertiary/aromatic N) is 1. The van der Waals surface area contributed by atoms with Gasteiger partial charge in [-0.05, 0) is 30.2 Å². The minimum Gasteiger partial charge on any atom is -0.469 e. The molecule has 1 aliphatic rings. The van der Waals surface area contributed by atoms with Crippen LogP contribution in [-0.4, -0.2) is 61.4 Å². The van der Waals surface area contributed by atoms with Crippen LogP contribution in [0.5, 0.6) is 0 Å². The first-order valence-electron chi connectivity index (χ1n) is 11.2. The molecule has 11 nitrogen and oxygen atoms in total. The van der Waals surface area contributed by atoms with Crippen molar-refractivity contribution in [1.82, 2.24) is 10.2 Å². The number of carbonyl (C=O) groups excluding carboxylic acids is 5. The van der Waals surface area contributed by atoms with E-state index in [1.54, 1.807) is 30.3 Å². The summed E-state index contributed by atoms with van der Waals surface area (Å²) in [5.41, 5.74) is 7.18. The van der Waals surface area contributed by atoms with E-state index in [2.05, 4.69) is 15.4 Å². The molecule has 190 valence electrons. The number of hydrogen-bond acceptors (Lipinski definition) is 8. The van der Waals surface area contributed by atoms with Crippen molar-refractivity contribution in [3.05, 3.63) is 59.7 Å². The smallest absolute Gasteiger partial charge is 0.307 e. The molecule has 4 N–H and O–H groups in total. The summed E-state index contributed by atoms with van der Waals surface area (Å²) in [6.45, 7) is -0.503. The Morgan fingerprint density at radius 3 is 2.42 bits per heavy atom. The molecule has 0 saturated heterocycles. The first kappa shape index (κ1) is 26.2. The first-order chi connectivity index (χ1) is 17.2. The Morgan fingerprint density at radius 1 is 1.06 bits per heavy atom. The molecule has 0 spiro atoms. The van der Waals surface area contributed by atoms with E-state index in [0.717, 1.165) is 4.90 Å². The van der Waals surface area contributed by atoms with Gasteiger partial charge in [0.15, 0.2) is 0 Å². The SMILES string of the molecule is COC(=O)CC[C@H]1C(=O)Nc2ccc(N)cc2C(=O)N1CC(=O)N[C@@H](CC(=O)OC)c1ccccc1.